The molecule has 17 heavy (non-hydrogen) atoms. The van der Waals surface area contributed by atoms with Crippen LogP contribution in [0.5, 0.6) is 0 Å². The Bertz CT molecular complexity index is 573. The van der Waals surface area contributed by atoms with E-state index in [-0.39, 0.29) is 23.8 Å². The van der Waals surface area contributed by atoms with E-state index in [1.807, 2.05) is 0 Å². The van der Waals surface area contributed by atoms with Crippen LogP contribution in [-0.4, -0.2) is 10.1 Å². The topological polar surface area (TPSA) is 64.9 Å². The average molecular weight is 308 g/mol. The number of hydrogen-bond donors (Lipinski definition) is 1. The lowest BCUT2D eigenvalue weighted by atomic mass is 10.2. The van der Waals surface area contributed by atoms with Crippen LogP contribution in [0.2, 0.25) is 0 Å². The minimum Gasteiger partial charge on any atom is -0.338 e. The molecule has 0 spiro atoms. The third-order valence-electron chi connectivity index (χ3n) is 1.99. The van der Waals surface area contributed by atoms with E-state index in [4.69, 9.17) is 5.73 Å². The van der Waals surface area contributed by atoms with Crippen LogP contribution < -0.4 is 5.73 Å². The Kier molecular flexibility index (Phi) is 3.16. The lowest BCUT2D eigenvalue weighted by Gasteiger charge is -2.02. The Labute approximate surface area is 102 Å². The van der Waals surface area contributed by atoms with Gasteiger partial charge in [0.25, 0.3) is 0 Å². The lowest BCUT2D eigenvalue weighted by molar-refractivity contribution is 0.380. The first-order valence-corrected chi connectivity index (χ1v) is 5.20. The SMILES string of the molecule is NCc1nc(-c2cc(F)c(F)c(Br)c2F)no1. The fourth-order valence-corrected chi connectivity index (χ4v) is 1.59. The van der Waals surface area contributed by atoms with E-state index in [1.165, 1.54) is 0 Å². The van der Waals surface area contributed by atoms with E-state index >= 15 is 0 Å². The molecule has 0 saturated heterocycles. The van der Waals surface area contributed by atoms with Crippen molar-refractivity contribution >= 4 is 15.9 Å². The van der Waals surface area contributed by atoms with E-state index in [2.05, 4.69) is 30.6 Å². The Morgan fingerprint density at radius 2 is 2.00 bits per heavy atom. The molecule has 1 heterocycles. The zero-order valence-corrected chi connectivity index (χ0v) is 9.76. The molecule has 0 aliphatic heterocycles. The van der Waals surface area contributed by atoms with Crippen molar-refractivity contribution < 1.29 is 17.7 Å². The van der Waals surface area contributed by atoms with Crippen LogP contribution in [0.4, 0.5) is 13.2 Å². The number of benzene rings is 1. The number of rotatable bonds is 2. The maximum atomic E-state index is 13.6. The smallest absolute Gasteiger partial charge is 0.240 e. The van der Waals surface area contributed by atoms with Gasteiger partial charge in [0.15, 0.2) is 17.5 Å². The van der Waals surface area contributed by atoms with Gasteiger partial charge in [-0.25, -0.2) is 13.2 Å². The number of nitrogens with two attached hydrogens (primary N) is 1. The van der Waals surface area contributed by atoms with Crippen molar-refractivity contribution in [3.8, 4) is 11.4 Å². The fourth-order valence-electron chi connectivity index (χ4n) is 1.18. The van der Waals surface area contributed by atoms with Crippen molar-refractivity contribution in [2.75, 3.05) is 0 Å². The van der Waals surface area contributed by atoms with E-state index in [1.54, 1.807) is 0 Å². The second-order valence-corrected chi connectivity index (χ2v) is 3.86. The summed E-state index contributed by atoms with van der Waals surface area (Å²) in [6, 6.07) is 0.653. The zero-order valence-electron chi connectivity index (χ0n) is 8.18. The highest BCUT2D eigenvalue weighted by Crippen LogP contribution is 2.30. The summed E-state index contributed by atoms with van der Waals surface area (Å²) in [5, 5.41) is 3.41. The highest BCUT2D eigenvalue weighted by atomic mass is 79.9. The van der Waals surface area contributed by atoms with Crippen LogP contribution in [0.25, 0.3) is 11.4 Å². The summed E-state index contributed by atoms with van der Waals surface area (Å²) in [5.41, 5.74) is 4.92. The monoisotopic (exact) mass is 307 g/mol. The summed E-state index contributed by atoms with van der Waals surface area (Å²) in [4.78, 5) is 3.72. The second-order valence-electron chi connectivity index (χ2n) is 3.06. The number of nitrogens with zero attached hydrogens (tertiary/aromatic N) is 2. The van der Waals surface area contributed by atoms with Crippen LogP contribution in [0.15, 0.2) is 15.1 Å². The first-order valence-electron chi connectivity index (χ1n) is 4.40. The van der Waals surface area contributed by atoms with Gasteiger partial charge in [-0.1, -0.05) is 5.16 Å². The van der Waals surface area contributed by atoms with Crippen LogP contribution in [0, 0.1) is 17.5 Å². The summed E-state index contributed by atoms with van der Waals surface area (Å²) in [6.07, 6.45) is 0. The fraction of sp³-hybridized carbons (Fsp3) is 0.111. The van der Waals surface area contributed by atoms with Gasteiger partial charge in [0.2, 0.25) is 11.7 Å². The summed E-state index contributed by atoms with van der Waals surface area (Å²) < 4.78 is 43.8. The van der Waals surface area contributed by atoms with Crippen LogP contribution in [0.3, 0.4) is 0 Å². The second kappa shape index (κ2) is 4.46. The molecule has 0 aliphatic rings. The summed E-state index contributed by atoms with van der Waals surface area (Å²) in [5.74, 6) is -3.66. The zero-order chi connectivity index (χ0) is 12.6. The third kappa shape index (κ3) is 2.05. The molecule has 0 saturated carbocycles. The van der Waals surface area contributed by atoms with E-state index in [0.29, 0.717) is 6.07 Å². The predicted octanol–water partition coefficient (Wildman–Crippen LogP) is 2.38. The van der Waals surface area contributed by atoms with E-state index < -0.39 is 21.9 Å². The maximum absolute atomic E-state index is 13.6. The van der Waals surface area contributed by atoms with Gasteiger partial charge in [-0.2, -0.15) is 4.98 Å². The van der Waals surface area contributed by atoms with Crippen molar-refractivity contribution in [2.45, 2.75) is 6.54 Å². The predicted molar refractivity (Wildman–Crippen MR) is 55.2 cm³/mol. The first kappa shape index (κ1) is 12.1. The Morgan fingerprint density at radius 1 is 1.29 bits per heavy atom. The molecule has 0 aliphatic carbocycles. The molecule has 2 aromatic rings. The molecule has 4 nitrogen and oxygen atoms in total. The minimum absolute atomic E-state index is 0.0283. The summed E-state index contributed by atoms with van der Waals surface area (Å²) >= 11 is 2.60. The van der Waals surface area contributed by atoms with Gasteiger partial charge in [0.1, 0.15) is 0 Å². The highest BCUT2D eigenvalue weighted by molar-refractivity contribution is 9.10. The van der Waals surface area contributed by atoms with Gasteiger partial charge in [-0.15, -0.1) is 0 Å². The standard InChI is InChI=1S/C9H5BrF3N3O/c10-6-7(12)3(1-4(11)8(6)13)9-15-5(2-14)17-16-9/h1H,2,14H2. The molecule has 90 valence electrons. The first-order chi connectivity index (χ1) is 8.04. The van der Waals surface area contributed by atoms with Crippen molar-refractivity contribution in [1.29, 1.82) is 0 Å². The largest absolute Gasteiger partial charge is 0.338 e. The third-order valence-corrected chi connectivity index (χ3v) is 2.68. The van der Waals surface area contributed by atoms with Gasteiger partial charge < -0.3 is 10.3 Å². The lowest BCUT2D eigenvalue weighted by Crippen LogP contribution is -1.97. The number of halogens is 4. The van der Waals surface area contributed by atoms with Crippen molar-refractivity contribution in [3.05, 3.63) is 33.9 Å². The molecule has 2 N–H and O–H groups in total. The molecular weight excluding hydrogens is 303 g/mol. The number of aromatic nitrogens is 2. The van der Waals surface area contributed by atoms with Crippen LogP contribution in [0.1, 0.15) is 5.89 Å². The quantitative estimate of drug-likeness (QED) is 0.683. The van der Waals surface area contributed by atoms with Gasteiger partial charge in [-0.05, 0) is 22.0 Å². The average Bonchev–Trinajstić information content (AvgIpc) is 2.79. The molecule has 0 fully saturated rings. The molecule has 2 rings (SSSR count). The van der Waals surface area contributed by atoms with E-state index in [9.17, 15) is 13.2 Å². The molecule has 0 unspecified atom stereocenters. The normalized spacial score (nSPS) is 10.9. The number of hydrogen-bond acceptors (Lipinski definition) is 4. The van der Waals surface area contributed by atoms with Crippen molar-refractivity contribution in [3.63, 3.8) is 0 Å². The Morgan fingerprint density at radius 3 is 2.59 bits per heavy atom. The van der Waals surface area contributed by atoms with Gasteiger partial charge >= 0.3 is 0 Å². The highest BCUT2D eigenvalue weighted by Gasteiger charge is 2.20. The summed E-state index contributed by atoms with van der Waals surface area (Å²) in [7, 11) is 0. The molecule has 1 aromatic heterocycles. The molecule has 1 aromatic carbocycles. The van der Waals surface area contributed by atoms with Gasteiger partial charge in [0, 0.05) is 0 Å². The Balaban J connectivity index is 2.59. The van der Waals surface area contributed by atoms with Gasteiger partial charge in [0.05, 0.1) is 16.6 Å². The maximum Gasteiger partial charge on any atom is 0.240 e. The van der Waals surface area contributed by atoms with E-state index in [0.717, 1.165) is 0 Å². The minimum atomic E-state index is -1.31. The molecule has 0 radical (unpaired) electrons. The van der Waals surface area contributed by atoms with Crippen molar-refractivity contribution in [2.24, 2.45) is 5.73 Å². The Hall–Kier alpha value is -1.41. The molecule has 0 amide bonds. The molecule has 8 heteroatoms. The molecular formula is C9H5BrF3N3O. The van der Waals surface area contributed by atoms with Crippen molar-refractivity contribution in [1.82, 2.24) is 10.1 Å². The van der Waals surface area contributed by atoms with Crippen LogP contribution >= 0.6 is 15.9 Å². The summed E-state index contributed by atoms with van der Waals surface area (Å²) in [6.45, 7) is -0.0283. The van der Waals surface area contributed by atoms with Crippen LogP contribution in [-0.2, 0) is 6.54 Å². The molecule has 0 bridgehead atoms. The van der Waals surface area contributed by atoms with Gasteiger partial charge in [-0.3, -0.25) is 0 Å². The molecule has 0 atom stereocenters.